The maximum absolute atomic E-state index is 13.4. The fraction of sp³-hybridized carbons (Fsp3) is 0.552. The van der Waals surface area contributed by atoms with Crippen molar-refractivity contribution in [1.82, 2.24) is 4.90 Å². The van der Waals surface area contributed by atoms with E-state index in [0.717, 1.165) is 11.6 Å². The van der Waals surface area contributed by atoms with Gasteiger partial charge in [0, 0.05) is 44.5 Å². The number of methoxy groups -OCH3 is 1. The number of nitrogens with zero attached hydrogens (tertiary/aromatic N) is 2. The van der Waals surface area contributed by atoms with Gasteiger partial charge in [0.05, 0.1) is 29.5 Å². The van der Waals surface area contributed by atoms with Crippen molar-refractivity contribution in [2.75, 3.05) is 51.4 Å². The number of aryl methyl sites for hydroxylation is 1. The number of morpholine rings is 1. The molecule has 1 spiro atoms. The zero-order valence-electron chi connectivity index (χ0n) is 22.9. The second-order valence-corrected chi connectivity index (χ2v) is 11.2. The minimum absolute atomic E-state index is 0.0963. The molecule has 1 amide bonds. The smallest absolute Gasteiger partial charge is 0.416 e. The summed E-state index contributed by atoms with van der Waals surface area (Å²) in [7, 11) is 1.57. The van der Waals surface area contributed by atoms with E-state index in [1.807, 2.05) is 11.8 Å². The number of rotatable bonds is 7. The Labute approximate surface area is 227 Å². The van der Waals surface area contributed by atoms with E-state index in [-0.39, 0.29) is 18.6 Å². The van der Waals surface area contributed by atoms with Gasteiger partial charge in [-0.05, 0) is 75.6 Å². The number of piperidine rings is 1. The molecule has 10 heteroatoms. The number of benzene rings is 2. The molecule has 0 aromatic heterocycles. The minimum Gasteiger partial charge on any atom is -0.490 e. The molecule has 1 N–H and O–H groups in total. The average Bonchev–Trinajstić information content (AvgIpc) is 2.87. The van der Waals surface area contributed by atoms with Gasteiger partial charge in [-0.15, -0.1) is 0 Å². The first-order valence-corrected chi connectivity index (χ1v) is 13.1. The molecule has 214 valence electrons. The maximum atomic E-state index is 13.4. The third-order valence-corrected chi connectivity index (χ3v) is 7.18. The summed E-state index contributed by atoms with van der Waals surface area (Å²) < 4.78 is 57.5. The summed E-state index contributed by atoms with van der Waals surface area (Å²) >= 11 is 0. The summed E-state index contributed by atoms with van der Waals surface area (Å²) in [5, 5.41) is 9.91. The molecule has 7 nitrogen and oxygen atoms in total. The Morgan fingerprint density at radius 1 is 1.15 bits per heavy atom. The number of amides is 1. The first kappa shape index (κ1) is 29.2. The Morgan fingerprint density at radius 2 is 1.87 bits per heavy atom. The highest BCUT2D eigenvalue weighted by atomic mass is 19.4. The highest BCUT2D eigenvalue weighted by Gasteiger charge is 2.44. The molecule has 0 radical (unpaired) electrons. The predicted molar refractivity (Wildman–Crippen MR) is 141 cm³/mol. The van der Waals surface area contributed by atoms with Crippen LogP contribution in [0.4, 0.5) is 18.9 Å². The fourth-order valence-electron chi connectivity index (χ4n) is 5.21. The third kappa shape index (κ3) is 7.23. The highest BCUT2D eigenvalue weighted by Crippen LogP contribution is 2.37. The van der Waals surface area contributed by atoms with E-state index >= 15 is 0 Å². The number of likely N-dealkylation sites (tertiary alicyclic amines) is 1. The van der Waals surface area contributed by atoms with Crippen molar-refractivity contribution >= 4 is 11.6 Å². The molecule has 1 unspecified atom stereocenters. The number of ether oxygens (including phenoxy) is 3. The lowest BCUT2D eigenvalue weighted by molar-refractivity contribution is -0.145. The standard InChI is InChI=1S/C29H37F3N2O5/c1-20-14-21(8-9-25(20)38-19-27(2,3)36)26(35)33-12-10-28(11-13-33)18-34(16-24(39-28)17-37-4)23-7-5-6-22(15-23)29(30,31)32/h5-9,14-15,24,36H,10-13,16-19H2,1-4H3. The molecule has 39 heavy (non-hydrogen) atoms. The van der Waals surface area contributed by atoms with Crippen LogP contribution in [0.1, 0.15) is 48.2 Å². The topological polar surface area (TPSA) is 71.5 Å². The number of hydrogen-bond acceptors (Lipinski definition) is 6. The lowest BCUT2D eigenvalue weighted by Gasteiger charge is -2.50. The van der Waals surface area contributed by atoms with E-state index < -0.39 is 22.9 Å². The molecule has 0 aliphatic carbocycles. The molecule has 2 heterocycles. The van der Waals surface area contributed by atoms with E-state index in [9.17, 15) is 23.1 Å². The molecule has 2 fully saturated rings. The Balaban J connectivity index is 1.45. The van der Waals surface area contributed by atoms with E-state index in [1.165, 1.54) is 12.1 Å². The van der Waals surface area contributed by atoms with Crippen molar-refractivity contribution in [3.8, 4) is 5.75 Å². The summed E-state index contributed by atoms with van der Waals surface area (Å²) in [6.45, 7) is 7.42. The quantitative estimate of drug-likeness (QED) is 0.540. The number of carbonyl (C=O) groups excluding carboxylic acids is 1. The molecule has 0 bridgehead atoms. The number of alkyl halides is 3. The number of aliphatic hydroxyl groups is 1. The Bertz CT molecular complexity index is 1160. The van der Waals surface area contributed by atoms with Crippen LogP contribution in [0.15, 0.2) is 42.5 Å². The van der Waals surface area contributed by atoms with Crippen LogP contribution in [0, 0.1) is 6.92 Å². The lowest BCUT2D eigenvalue weighted by atomic mass is 9.88. The first-order valence-electron chi connectivity index (χ1n) is 13.1. The average molecular weight is 551 g/mol. The minimum atomic E-state index is -4.42. The molecule has 1 atom stereocenters. The van der Waals surface area contributed by atoms with Crippen LogP contribution in [0.3, 0.4) is 0 Å². The zero-order valence-corrected chi connectivity index (χ0v) is 22.9. The first-order chi connectivity index (χ1) is 18.3. The van der Waals surface area contributed by atoms with E-state index in [4.69, 9.17) is 14.2 Å². The highest BCUT2D eigenvalue weighted by molar-refractivity contribution is 5.94. The Kier molecular flexibility index (Phi) is 8.49. The van der Waals surface area contributed by atoms with Crippen LogP contribution in [0.5, 0.6) is 5.75 Å². The summed E-state index contributed by atoms with van der Waals surface area (Å²) in [5.41, 5.74) is -0.410. The maximum Gasteiger partial charge on any atom is 0.416 e. The van der Waals surface area contributed by atoms with Crippen LogP contribution in [-0.2, 0) is 15.7 Å². The summed E-state index contributed by atoms with van der Waals surface area (Å²) in [5.74, 6) is 0.515. The number of anilines is 1. The van der Waals surface area contributed by atoms with Crippen molar-refractivity contribution in [3.05, 3.63) is 59.2 Å². The van der Waals surface area contributed by atoms with E-state index in [2.05, 4.69) is 0 Å². The van der Waals surface area contributed by atoms with Crippen LogP contribution in [0.2, 0.25) is 0 Å². The van der Waals surface area contributed by atoms with Gasteiger partial charge < -0.3 is 29.1 Å². The predicted octanol–water partition coefficient (Wildman–Crippen LogP) is 4.69. The van der Waals surface area contributed by atoms with E-state index in [0.29, 0.717) is 62.6 Å². The summed E-state index contributed by atoms with van der Waals surface area (Å²) in [6.07, 6.45) is -3.62. The van der Waals surface area contributed by atoms with Crippen molar-refractivity contribution in [2.45, 2.75) is 57.1 Å². The zero-order chi connectivity index (χ0) is 28.4. The van der Waals surface area contributed by atoms with Gasteiger partial charge in [0.2, 0.25) is 0 Å². The second-order valence-electron chi connectivity index (χ2n) is 11.2. The van der Waals surface area contributed by atoms with Crippen LogP contribution in [-0.4, -0.2) is 79.7 Å². The van der Waals surface area contributed by atoms with E-state index in [1.54, 1.807) is 50.1 Å². The van der Waals surface area contributed by atoms with Gasteiger partial charge in [-0.3, -0.25) is 4.79 Å². The van der Waals surface area contributed by atoms with Crippen molar-refractivity contribution in [2.24, 2.45) is 0 Å². The largest absolute Gasteiger partial charge is 0.490 e. The van der Waals surface area contributed by atoms with Crippen LogP contribution >= 0.6 is 0 Å². The van der Waals surface area contributed by atoms with Crippen molar-refractivity contribution < 1.29 is 37.3 Å². The summed E-state index contributed by atoms with van der Waals surface area (Å²) in [4.78, 5) is 17.0. The molecule has 2 aromatic carbocycles. The van der Waals surface area contributed by atoms with Gasteiger partial charge in [-0.2, -0.15) is 13.2 Å². The normalized spacial score (nSPS) is 19.8. The van der Waals surface area contributed by atoms with Crippen molar-refractivity contribution in [1.29, 1.82) is 0 Å². The Morgan fingerprint density at radius 3 is 2.49 bits per heavy atom. The molecular formula is C29H37F3N2O5. The van der Waals surface area contributed by atoms with Crippen molar-refractivity contribution in [3.63, 3.8) is 0 Å². The molecule has 0 saturated carbocycles. The molecular weight excluding hydrogens is 513 g/mol. The van der Waals surface area contributed by atoms with Crippen LogP contribution < -0.4 is 9.64 Å². The van der Waals surface area contributed by atoms with Gasteiger partial charge in [0.15, 0.2) is 0 Å². The number of hydrogen-bond donors (Lipinski definition) is 1. The summed E-state index contributed by atoms with van der Waals surface area (Å²) in [6, 6.07) is 10.6. The van der Waals surface area contributed by atoms with Gasteiger partial charge in [-0.1, -0.05) is 6.07 Å². The number of halogens is 3. The van der Waals surface area contributed by atoms with Crippen LogP contribution in [0.25, 0.3) is 0 Å². The van der Waals surface area contributed by atoms with Gasteiger partial charge in [0.1, 0.15) is 12.4 Å². The molecule has 2 saturated heterocycles. The van der Waals surface area contributed by atoms with Gasteiger partial charge in [0.25, 0.3) is 5.91 Å². The fourth-order valence-corrected chi connectivity index (χ4v) is 5.21. The molecule has 2 aliphatic heterocycles. The van der Waals surface area contributed by atoms with Gasteiger partial charge in [-0.25, -0.2) is 0 Å². The monoisotopic (exact) mass is 550 g/mol. The molecule has 4 rings (SSSR count). The molecule has 2 aromatic rings. The molecule has 2 aliphatic rings. The second kappa shape index (κ2) is 11.3. The number of carbonyl (C=O) groups is 1. The third-order valence-electron chi connectivity index (χ3n) is 7.18. The SMILES string of the molecule is COCC1CN(c2cccc(C(F)(F)F)c2)CC2(CCN(C(=O)c3ccc(OCC(C)(C)O)c(C)c3)CC2)O1. The Hall–Kier alpha value is -2.82. The van der Waals surface area contributed by atoms with Gasteiger partial charge >= 0.3 is 6.18 Å². The lowest BCUT2D eigenvalue weighted by Crippen LogP contribution is -2.61.